The second-order valence-electron chi connectivity index (χ2n) is 6.17. The second kappa shape index (κ2) is 6.51. The molecule has 8 nitrogen and oxygen atoms in total. The van der Waals surface area contributed by atoms with E-state index in [0.29, 0.717) is 22.9 Å². The van der Waals surface area contributed by atoms with E-state index >= 15 is 0 Å². The number of sulfonamides is 1. The van der Waals surface area contributed by atoms with Crippen LogP contribution in [0.5, 0.6) is 5.75 Å². The molecule has 0 aliphatic rings. The summed E-state index contributed by atoms with van der Waals surface area (Å²) >= 11 is 0. The Bertz CT molecular complexity index is 1230. The molecule has 0 aliphatic heterocycles. The van der Waals surface area contributed by atoms with Crippen molar-refractivity contribution in [3.63, 3.8) is 0 Å². The summed E-state index contributed by atoms with van der Waals surface area (Å²) in [5.41, 5.74) is 2.04. The molecule has 2 aromatic carbocycles. The van der Waals surface area contributed by atoms with Gasteiger partial charge in [-0.3, -0.25) is 4.72 Å². The number of aromatic nitrogens is 4. The SMILES string of the molecule is Cc1nn2c(COc3ccc(NS(C)(=O)=O)cc3)nnc2c2ccccc12. The van der Waals surface area contributed by atoms with Gasteiger partial charge in [0, 0.05) is 16.5 Å². The van der Waals surface area contributed by atoms with E-state index in [9.17, 15) is 8.42 Å². The van der Waals surface area contributed by atoms with Crippen molar-refractivity contribution in [3.05, 3.63) is 60.0 Å². The third-order valence-corrected chi connectivity index (χ3v) is 4.65. The van der Waals surface area contributed by atoms with Crippen molar-refractivity contribution in [1.82, 2.24) is 19.8 Å². The lowest BCUT2D eigenvalue weighted by Crippen LogP contribution is -2.09. The van der Waals surface area contributed by atoms with Crippen molar-refractivity contribution < 1.29 is 13.2 Å². The van der Waals surface area contributed by atoms with E-state index in [0.717, 1.165) is 22.7 Å². The Hall–Kier alpha value is -3.20. The predicted molar refractivity (Wildman–Crippen MR) is 102 cm³/mol. The van der Waals surface area contributed by atoms with Gasteiger partial charge in [0.05, 0.1) is 11.9 Å². The van der Waals surface area contributed by atoms with Gasteiger partial charge in [0.15, 0.2) is 11.5 Å². The Kier molecular flexibility index (Phi) is 4.15. The van der Waals surface area contributed by atoms with E-state index in [2.05, 4.69) is 20.0 Å². The molecule has 27 heavy (non-hydrogen) atoms. The first kappa shape index (κ1) is 17.2. The fraction of sp³-hybridized carbons (Fsp3) is 0.167. The van der Waals surface area contributed by atoms with Crippen LogP contribution in [0.25, 0.3) is 16.4 Å². The van der Waals surface area contributed by atoms with E-state index in [-0.39, 0.29) is 6.61 Å². The molecular weight excluding hydrogens is 366 g/mol. The highest BCUT2D eigenvalue weighted by atomic mass is 32.2. The number of fused-ring (bicyclic) bond motifs is 3. The molecule has 0 fully saturated rings. The van der Waals surface area contributed by atoms with Crippen LogP contribution in [0.15, 0.2) is 48.5 Å². The third kappa shape index (κ3) is 3.54. The molecule has 9 heteroatoms. The van der Waals surface area contributed by atoms with E-state index in [1.807, 2.05) is 31.2 Å². The number of hydrogen-bond acceptors (Lipinski definition) is 6. The zero-order chi connectivity index (χ0) is 19.0. The normalized spacial score (nSPS) is 11.8. The fourth-order valence-corrected chi connectivity index (χ4v) is 3.42. The quantitative estimate of drug-likeness (QED) is 0.569. The average molecular weight is 383 g/mol. The Morgan fingerprint density at radius 3 is 2.44 bits per heavy atom. The maximum absolute atomic E-state index is 11.2. The molecule has 138 valence electrons. The van der Waals surface area contributed by atoms with Crippen molar-refractivity contribution in [2.75, 3.05) is 11.0 Å². The van der Waals surface area contributed by atoms with Crippen LogP contribution in [0.1, 0.15) is 11.5 Å². The molecule has 0 bridgehead atoms. The molecule has 4 aromatic rings. The maximum Gasteiger partial charge on any atom is 0.229 e. The molecule has 0 amide bonds. The third-order valence-electron chi connectivity index (χ3n) is 4.04. The number of aryl methyl sites for hydroxylation is 1. The molecule has 0 saturated carbocycles. The molecule has 0 radical (unpaired) electrons. The summed E-state index contributed by atoms with van der Waals surface area (Å²) in [6, 6.07) is 14.6. The minimum atomic E-state index is -3.30. The highest BCUT2D eigenvalue weighted by Crippen LogP contribution is 2.22. The van der Waals surface area contributed by atoms with Crippen LogP contribution in [0, 0.1) is 6.92 Å². The summed E-state index contributed by atoms with van der Waals surface area (Å²) in [6.07, 6.45) is 1.10. The molecule has 4 rings (SSSR count). The van der Waals surface area contributed by atoms with Crippen molar-refractivity contribution >= 4 is 32.1 Å². The predicted octanol–water partition coefficient (Wildman–Crippen LogP) is 2.54. The molecule has 0 spiro atoms. The fourth-order valence-electron chi connectivity index (χ4n) is 2.85. The Labute approximate surface area is 155 Å². The zero-order valence-electron chi connectivity index (χ0n) is 14.7. The standard InChI is InChI=1S/C18H17N5O3S/c1-12-15-5-3-4-6-16(15)18-20-19-17(23(18)21-12)11-26-14-9-7-13(8-10-14)22-27(2,24)25/h3-10,22H,11H2,1-2H3. The monoisotopic (exact) mass is 383 g/mol. The molecular formula is C18H17N5O3S. The van der Waals surface area contributed by atoms with Crippen LogP contribution >= 0.6 is 0 Å². The van der Waals surface area contributed by atoms with Crippen LogP contribution in [-0.4, -0.2) is 34.5 Å². The smallest absolute Gasteiger partial charge is 0.229 e. The van der Waals surface area contributed by atoms with Crippen LogP contribution in [0.4, 0.5) is 5.69 Å². The number of ether oxygens (including phenoxy) is 1. The Balaban J connectivity index is 1.57. The van der Waals surface area contributed by atoms with E-state index in [1.165, 1.54) is 0 Å². The number of nitrogens with one attached hydrogen (secondary N) is 1. The summed E-state index contributed by atoms with van der Waals surface area (Å²) in [4.78, 5) is 0. The minimum Gasteiger partial charge on any atom is -0.486 e. The number of anilines is 1. The van der Waals surface area contributed by atoms with E-state index in [4.69, 9.17) is 4.74 Å². The first-order valence-electron chi connectivity index (χ1n) is 8.21. The average Bonchev–Trinajstić information content (AvgIpc) is 3.03. The van der Waals surface area contributed by atoms with Gasteiger partial charge in [0.1, 0.15) is 12.4 Å². The first-order valence-corrected chi connectivity index (χ1v) is 10.1. The van der Waals surface area contributed by atoms with Gasteiger partial charge in [-0.25, -0.2) is 8.42 Å². The number of rotatable bonds is 5. The summed E-state index contributed by atoms with van der Waals surface area (Å²) in [7, 11) is -3.30. The number of hydrogen-bond donors (Lipinski definition) is 1. The van der Waals surface area contributed by atoms with Crippen molar-refractivity contribution in [3.8, 4) is 5.75 Å². The maximum atomic E-state index is 11.2. The zero-order valence-corrected chi connectivity index (χ0v) is 15.6. The van der Waals surface area contributed by atoms with Crippen LogP contribution in [-0.2, 0) is 16.6 Å². The Morgan fingerprint density at radius 1 is 1.04 bits per heavy atom. The summed E-state index contributed by atoms with van der Waals surface area (Å²) in [5.74, 6) is 1.17. The van der Waals surface area contributed by atoms with Crippen LogP contribution < -0.4 is 9.46 Å². The van der Waals surface area contributed by atoms with E-state index < -0.39 is 10.0 Å². The first-order chi connectivity index (χ1) is 12.9. The van der Waals surface area contributed by atoms with Gasteiger partial charge in [-0.05, 0) is 31.2 Å². The van der Waals surface area contributed by atoms with Gasteiger partial charge in [-0.1, -0.05) is 24.3 Å². The van der Waals surface area contributed by atoms with Crippen LogP contribution in [0.2, 0.25) is 0 Å². The van der Waals surface area contributed by atoms with Crippen molar-refractivity contribution in [2.45, 2.75) is 13.5 Å². The second-order valence-corrected chi connectivity index (χ2v) is 7.92. The van der Waals surface area contributed by atoms with Gasteiger partial charge >= 0.3 is 0 Å². The summed E-state index contributed by atoms with van der Waals surface area (Å²) in [6.45, 7) is 2.13. The van der Waals surface area contributed by atoms with Crippen LogP contribution in [0.3, 0.4) is 0 Å². The topological polar surface area (TPSA) is 98.5 Å². The lowest BCUT2D eigenvalue weighted by atomic mass is 10.1. The molecule has 0 aliphatic carbocycles. The molecule has 0 unspecified atom stereocenters. The summed E-state index contributed by atoms with van der Waals surface area (Å²) in [5, 5.41) is 15.0. The van der Waals surface area contributed by atoms with Gasteiger partial charge in [0.25, 0.3) is 0 Å². The molecule has 0 saturated heterocycles. The van der Waals surface area contributed by atoms with Gasteiger partial charge in [0.2, 0.25) is 10.0 Å². The van der Waals surface area contributed by atoms with Gasteiger partial charge < -0.3 is 4.74 Å². The number of nitrogens with zero attached hydrogens (tertiary/aromatic N) is 4. The lowest BCUT2D eigenvalue weighted by Gasteiger charge is -2.08. The van der Waals surface area contributed by atoms with Crippen molar-refractivity contribution in [2.24, 2.45) is 0 Å². The largest absolute Gasteiger partial charge is 0.486 e. The molecule has 0 atom stereocenters. The lowest BCUT2D eigenvalue weighted by molar-refractivity contribution is 0.292. The molecule has 2 aromatic heterocycles. The van der Waals surface area contributed by atoms with Gasteiger partial charge in [-0.2, -0.15) is 9.61 Å². The highest BCUT2D eigenvalue weighted by molar-refractivity contribution is 7.92. The van der Waals surface area contributed by atoms with Gasteiger partial charge in [-0.15, -0.1) is 10.2 Å². The minimum absolute atomic E-state index is 0.185. The number of benzene rings is 2. The summed E-state index contributed by atoms with van der Waals surface area (Å²) < 4.78 is 32.3. The van der Waals surface area contributed by atoms with Crippen molar-refractivity contribution in [1.29, 1.82) is 0 Å². The molecule has 2 heterocycles. The Morgan fingerprint density at radius 2 is 1.74 bits per heavy atom. The highest BCUT2D eigenvalue weighted by Gasteiger charge is 2.12. The molecule has 1 N–H and O–H groups in total. The van der Waals surface area contributed by atoms with E-state index in [1.54, 1.807) is 28.8 Å².